The highest BCUT2D eigenvalue weighted by Crippen LogP contribution is 2.24. The highest BCUT2D eigenvalue weighted by molar-refractivity contribution is 5.88. The Labute approximate surface area is 166 Å². The van der Waals surface area contributed by atoms with E-state index in [1.807, 2.05) is 54.6 Å². The van der Waals surface area contributed by atoms with E-state index in [0.29, 0.717) is 26.1 Å². The van der Waals surface area contributed by atoms with Gasteiger partial charge >= 0.3 is 0 Å². The summed E-state index contributed by atoms with van der Waals surface area (Å²) in [5.41, 5.74) is 1.69. The van der Waals surface area contributed by atoms with Crippen molar-refractivity contribution in [2.75, 3.05) is 27.4 Å². The van der Waals surface area contributed by atoms with Crippen molar-refractivity contribution in [3.8, 4) is 5.75 Å². The van der Waals surface area contributed by atoms with Gasteiger partial charge in [0.1, 0.15) is 11.8 Å². The van der Waals surface area contributed by atoms with Crippen molar-refractivity contribution in [2.24, 2.45) is 0 Å². The molecule has 2 rings (SSSR count). The minimum Gasteiger partial charge on any atom is -0.497 e. The molecule has 0 spiro atoms. The second-order valence-electron chi connectivity index (χ2n) is 6.45. The zero-order chi connectivity index (χ0) is 20.4. The number of hydrogen-bond donors (Lipinski definition) is 1. The number of rotatable bonds is 10. The van der Waals surface area contributed by atoms with Crippen LogP contribution in [-0.4, -0.2) is 44.1 Å². The van der Waals surface area contributed by atoms with E-state index in [0.717, 1.165) is 16.9 Å². The Balaban J connectivity index is 2.25. The normalized spacial score (nSPS) is 11.5. The molecule has 6 nitrogen and oxygen atoms in total. The van der Waals surface area contributed by atoms with Crippen LogP contribution >= 0.6 is 0 Å². The van der Waals surface area contributed by atoms with Crippen molar-refractivity contribution in [3.63, 3.8) is 0 Å². The Kier molecular flexibility index (Phi) is 8.49. The average Bonchev–Trinajstić information content (AvgIpc) is 2.72. The number of benzene rings is 2. The summed E-state index contributed by atoms with van der Waals surface area (Å²) in [6.07, 6.45) is 0.711. The van der Waals surface area contributed by atoms with Crippen LogP contribution in [0.4, 0.5) is 0 Å². The van der Waals surface area contributed by atoms with Crippen LogP contribution in [0.3, 0.4) is 0 Å². The lowest BCUT2D eigenvalue weighted by Crippen LogP contribution is -2.43. The van der Waals surface area contributed by atoms with E-state index in [9.17, 15) is 9.59 Å². The second kappa shape index (κ2) is 11.1. The van der Waals surface area contributed by atoms with Gasteiger partial charge in [-0.3, -0.25) is 9.59 Å². The van der Waals surface area contributed by atoms with Crippen LogP contribution in [-0.2, 0) is 20.9 Å². The molecule has 1 atom stereocenters. The quantitative estimate of drug-likeness (QED) is 0.640. The Morgan fingerprint density at radius 3 is 2.29 bits per heavy atom. The third-order valence-electron chi connectivity index (χ3n) is 4.42. The number of nitrogens with one attached hydrogen (secondary N) is 1. The average molecular weight is 384 g/mol. The maximum atomic E-state index is 13.0. The Hall–Kier alpha value is -2.86. The molecule has 6 heteroatoms. The van der Waals surface area contributed by atoms with Crippen molar-refractivity contribution in [1.82, 2.24) is 10.2 Å². The van der Waals surface area contributed by atoms with Gasteiger partial charge in [-0.1, -0.05) is 42.5 Å². The van der Waals surface area contributed by atoms with Crippen molar-refractivity contribution >= 4 is 11.8 Å². The zero-order valence-electron chi connectivity index (χ0n) is 16.7. The molecule has 0 bridgehead atoms. The summed E-state index contributed by atoms with van der Waals surface area (Å²) >= 11 is 0. The summed E-state index contributed by atoms with van der Waals surface area (Å²) in [4.78, 5) is 27.0. The van der Waals surface area contributed by atoms with Gasteiger partial charge in [0.05, 0.1) is 7.11 Å². The third kappa shape index (κ3) is 6.09. The van der Waals surface area contributed by atoms with Gasteiger partial charge in [0, 0.05) is 33.7 Å². The summed E-state index contributed by atoms with van der Waals surface area (Å²) in [6, 6.07) is 16.1. The molecule has 0 aliphatic carbocycles. The van der Waals surface area contributed by atoms with Gasteiger partial charge in [-0.25, -0.2) is 0 Å². The predicted molar refractivity (Wildman–Crippen MR) is 108 cm³/mol. The van der Waals surface area contributed by atoms with Gasteiger partial charge in [0.25, 0.3) is 0 Å². The van der Waals surface area contributed by atoms with Crippen LogP contribution < -0.4 is 10.1 Å². The van der Waals surface area contributed by atoms with Crippen molar-refractivity contribution < 1.29 is 19.1 Å². The van der Waals surface area contributed by atoms with Gasteiger partial charge in [-0.15, -0.1) is 0 Å². The second-order valence-corrected chi connectivity index (χ2v) is 6.45. The SMILES string of the molecule is COCCCNC(=O)[C@@H](c1ccccc1)N(Cc1ccc(OC)cc1)C(C)=O. The lowest BCUT2D eigenvalue weighted by atomic mass is 10.0. The molecule has 0 fully saturated rings. The van der Waals surface area contributed by atoms with Crippen molar-refractivity contribution in [2.45, 2.75) is 25.9 Å². The Morgan fingerprint density at radius 2 is 1.71 bits per heavy atom. The van der Waals surface area contributed by atoms with E-state index in [2.05, 4.69) is 5.32 Å². The number of ether oxygens (including phenoxy) is 2. The fraction of sp³-hybridized carbons (Fsp3) is 0.364. The first-order chi connectivity index (χ1) is 13.6. The van der Waals surface area contributed by atoms with Crippen molar-refractivity contribution in [1.29, 1.82) is 0 Å². The number of carbonyl (C=O) groups excluding carboxylic acids is 2. The lowest BCUT2D eigenvalue weighted by Gasteiger charge is -2.30. The molecular weight excluding hydrogens is 356 g/mol. The molecule has 0 heterocycles. The molecule has 0 unspecified atom stereocenters. The van der Waals surface area contributed by atoms with Crippen LogP contribution in [0.2, 0.25) is 0 Å². The molecule has 150 valence electrons. The minimum absolute atomic E-state index is 0.170. The first kappa shape index (κ1) is 21.4. The molecule has 0 saturated heterocycles. The van der Waals surface area contributed by atoms with Crippen LogP contribution in [0.15, 0.2) is 54.6 Å². The van der Waals surface area contributed by atoms with Crippen LogP contribution in [0, 0.1) is 0 Å². The van der Waals surface area contributed by atoms with Crippen LogP contribution in [0.25, 0.3) is 0 Å². The molecular formula is C22H28N2O4. The number of methoxy groups -OCH3 is 2. The van der Waals surface area contributed by atoms with E-state index < -0.39 is 6.04 Å². The monoisotopic (exact) mass is 384 g/mol. The molecule has 0 aliphatic heterocycles. The van der Waals surface area contributed by atoms with Gasteiger partial charge in [-0.2, -0.15) is 0 Å². The molecule has 0 aromatic heterocycles. The molecule has 2 aromatic carbocycles. The van der Waals surface area contributed by atoms with Gasteiger partial charge < -0.3 is 19.7 Å². The topological polar surface area (TPSA) is 67.9 Å². The lowest BCUT2D eigenvalue weighted by molar-refractivity contribution is -0.140. The summed E-state index contributed by atoms with van der Waals surface area (Å²) < 4.78 is 10.2. The standard InChI is InChI=1S/C22H28N2O4/c1-17(25)24(16-18-10-12-20(28-3)13-11-18)21(19-8-5-4-6-9-19)22(26)23-14-7-15-27-2/h4-6,8-13,21H,7,14-16H2,1-3H3,(H,23,26)/t21-/m1/s1. The largest absolute Gasteiger partial charge is 0.497 e. The first-order valence-corrected chi connectivity index (χ1v) is 9.28. The summed E-state index contributed by atoms with van der Waals surface area (Å²) in [5, 5.41) is 2.92. The molecule has 0 radical (unpaired) electrons. The van der Waals surface area contributed by atoms with Crippen LogP contribution in [0.5, 0.6) is 5.75 Å². The molecule has 0 aliphatic rings. The van der Waals surface area contributed by atoms with E-state index in [1.54, 1.807) is 19.1 Å². The summed E-state index contributed by atoms with van der Waals surface area (Å²) in [5.74, 6) is 0.372. The Morgan fingerprint density at radius 1 is 1.04 bits per heavy atom. The zero-order valence-corrected chi connectivity index (χ0v) is 16.7. The maximum Gasteiger partial charge on any atom is 0.247 e. The molecule has 1 N–H and O–H groups in total. The predicted octanol–water partition coefficient (Wildman–Crippen LogP) is 2.94. The number of hydrogen-bond acceptors (Lipinski definition) is 4. The Bertz CT molecular complexity index is 747. The van der Waals surface area contributed by atoms with E-state index in [4.69, 9.17) is 9.47 Å². The van der Waals surface area contributed by atoms with Gasteiger partial charge in [-0.05, 0) is 29.7 Å². The highest BCUT2D eigenvalue weighted by Gasteiger charge is 2.29. The van der Waals surface area contributed by atoms with Crippen molar-refractivity contribution in [3.05, 3.63) is 65.7 Å². The molecule has 2 amide bonds. The number of carbonyl (C=O) groups is 2. The summed E-state index contributed by atoms with van der Waals surface area (Å²) in [7, 11) is 3.23. The van der Waals surface area contributed by atoms with E-state index in [-0.39, 0.29) is 11.8 Å². The smallest absolute Gasteiger partial charge is 0.247 e. The van der Waals surface area contributed by atoms with E-state index >= 15 is 0 Å². The highest BCUT2D eigenvalue weighted by atomic mass is 16.5. The van der Waals surface area contributed by atoms with E-state index in [1.165, 1.54) is 6.92 Å². The van der Waals surface area contributed by atoms with Gasteiger partial charge in [0.15, 0.2) is 0 Å². The fourth-order valence-electron chi connectivity index (χ4n) is 2.95. The molecule has 28 heavy (non-hydrogen) atoms. The first-order valence-electron chi connectivity index (χ1n) is 9.28. The number of amides is 2. The fourth-order valence-corrected chi connectivity index (χ4v) is 2.95. The minimum atomic E-state index is -0.705. The van der Waals surface area contributed by atoms with Gasteiger partial charge in [0.2, 0.25) is 11.8 Å². The molecule has 2 aromatic rings. The molecule has 0 saturated carbocycles. The number of nitrogens with zero attached hydrogens (tertiary/aromatic N) is 1. The van der Waals surface area contributed by atoms with Crippen LogP contribution in [0.1, 0.15) is 30.5 Å². The third-order valence-corrected chi connectivity index (χ3v) is 4.42. The summed E-state index contributed by atoms with van der Waals surface area (Å²) in [6.45, 7) is 2.87. The maximum absolute atomic E-state index is 13.0.